The van der Waals surface area contributed by atoms with Gasteiger partial charge in [0.1, 0.15) is 15.9 Å². The topological polar surface area (TPSA) is 166 Å². The summed E-state index contributed by atoms with van der Waals surface area (Å²) in [6.45, 7) is 0. The molecule has 1 heterocycles. The molecule has 11 nitrogen and oxygen atoms in total. The van der Waals surface area contributed by atoms with Crippen molar-refractivity contribution in [3.05, 3.63) is 162 Å². The van der Waals surface area contributed by atoms with Crippen molar-refractivity contribution in [2.45, 2.75) is 24.7 Å². The number of ether oxygens (including phenoxy) is 2. The Labute approximate surface area is 294 Å². The van der Waals surface area contributed by atoms with Crippen LogP contribution in [0.3, 0.4) is 0 Å². The molecule has 0 bridgehead atoms. The predicted octanol–water partition coefficient (Wildman–Crippen LogP) is 5.86. The average molecular weight is 707 g/mol. The van der Waals surface area contributed by atoms with Gasteiger partial charge in [-0.3, -0.25) is 9.78 Å². The molecular formula is C39H34N2O9S. The fraction of sp³-hybridized carbons (Fsp3) is 0.154. The minimum absolute atomic E-state index is 0.0721. The zero-order chi connectivity index (χ0) is 36.4. The molecule has 5 aromatic rings. The van der Waals surface area contributed by atoms with Gasteiger partial charge >= 0.3 is 17.9 Å². The number of hydrogen-bond donors (Lipinski definition) is 2. The first-order chi connectivity index (χ1) is 24.5. The van der Waals surface area contributed by atoms with E-state index < -0.39 is 57.7 Å². The van der Waals surface area contributed by atoms with E-state index in [9.17, 15) is 32.7 Å². The molecule has 2 unspecified atom stereocenters. The van der Waals surface area contributed by atoms with Crippen LogP contribution < -0.4 is 5.32 Å². The minimum atomic E-state index is -3.50. The van der Waals surface area contributed by atoms with Crippen molar-refractivity contribution in [3.63, 3.8) is 0 Å². The lowest BCUT2D eigenvalue weighted by atomic mass is 9.91. The number of pyridine rings is 1. The fourth-order valence-corrected chi connectivity index (χ4v) is 5.95. The van der Waals surface area contributed by atoms with E-state index in [1.165, 1.54) is 18.3 Å². The third-order valence-electron chi connectivity index (χ3n) is 7.86. The second-order valence-electron chi connectivity index (χ2n) is 11.6. The Balaban J connectivity index is 1.62. The summed E-state index contributed by atoms with van der Waals surface area (Å²) < 4.78 is 35.7. The van der Waals surface area contributed by atoms with Crippen LogP contribution in [0.15, 0.2) is 134 Å². The highest BCUT2D eigenvalue weighted by Gasteiger charge is 2.34. The molecule has 0 saturated heterocycles. The summed E-state index contributed by atoms with van der Waals surface area (Å²) in [6, 6.07) is 31.8. The molecular weight excluding hydrogens is 673 g/mol. The molecule has 0 aliphatic carbocycles. The number of carbonyl (C=O) groups excluding carboxylic acids is 3. The summed E-state index contributed by atoms with van der Waals surface area (Å²) in [4.78, 5) is 57.0. The Bertz CT molecular complexity index is 2090. The van der Waals surface area contributed by atoms with E-state index >= 15 is 0 Å². The third-order valence-corrected chi connectivity index (χ3v) is 8.83. The van der Waals surface area contributed by atoms with Crippen LogP contribution >= 0.6 is 0 Å². The van der Waals surface area contributed by atoms with Gasteiger partial charge in [0.05, 0.1) is 16.9 Å². The van der Waals surface area contributed by atoms with Crippen LogP contribution in [0.4, 0.5) is 0 Å². The number of rotatable bonds is 14. The maximum Gasteiger partial charge on any atom is 0.338 e. The largest absolute Gasteiger partial charge is 0.480 e. The lowest BCUT2D eigenvalue weighted by molar-refractivity contribution is -0.139. The first-order valence-corrected chi connectivity index (χ1v) is 17.9. The van der Waals surface area contributed by atoms with Crippen LogP contribution in [-0.2, 0) is 24.1 Å². The number of amides is 1. The highest BCUT2D eigenvalue weighted by molar-refractivity contribution is 7.90. The molecule has 3 atom stereocenters. The van der Waals surface area contributed by atoms with Crippen molar-refractivity contribution in [1.82, 2.24) is 10.3 Å². The Hall–Kier alpha value is -6.14. The van der Waals surface area contributed by atoms with Crippen molar-refractivity contribution < 1.29 is 42.2 Å². The molecule has 0 fully saturated rings. The molecule has 0 aliphatic heterocycles. The number of nitrogens with one attached hydrogen (secondary N) is 1. The molecule has 12 heteroatoms. The zero-order valence-corrected chi connectivity index (χ0v) is 28.2. The molecule has 4 aromatic carbocycles. The molecule has 51 heavy (non-hydrogen) atoms. The van der Waals surface area contributed by atoms with Crippen LogP contribution in [0, 0.1) is 0 Å². The summed E-state index contributed by atoms with van der Waals surface area (Å²) in [5.41, 5.74) is 2.26. The van der Waals surface area contributed by atoms with Gasteiger partial charge in [-0.25, -0.2) is 22.8 Å². The molecule has 260 valence electrons. The van der Waals surface area contributed by atoms with E-state index in [1.54, 1.807) is 115 Å². The van der Waals surface area contributed by atoms with Crippen molar-refractivity contribution >= 4 is 33.7 Å². The van der Waals surface area contributed by atoms with E-state index in [1.807, 2.05) is 0 Å². The van der Waals surface area contributed by atoms with Gasteiger partial charge in [0.2, 0.25) is 0 Å². The van der Waals surface area contributed by atoms with Gasteiger partial charge in [0.25, 0.3) is 5.91 Å². The first-order valence-electron chi connectivity index (χ1n) is 15.8. The van der Waals surface area contributed by atoms with Gasteiger partial charge in [-0.05, 0) is 65.6 Å². The third kappa shape index (κ3) is 9.73. The van der Waals surface area contributed by atoms with Crippen LogP contribution in [0.25, 0.3) is 11.1 Å². The molecule has 0 aliphatic rings. The Morgan fingerprint density at radius 3 is 1.78 bits per heavy atom. The maximum atomic E-state index is 13.7. The van der Waals surface area contributed by atoms with Gasteiger partial charge in [0.15, 0.2) is 12.2 Å². The van der Waals surface area contributed by atoms with E-state index in [2.05, 4.69) is 10.3 Å². The highest BCUT2D eigenvalue weighted by atomic mass is 32.2. The number of benzene rings is 4. The predicted molar refractivity (Wildman–Crippen MR) is 189 cm³/mol. The molecule has 5 rings (SSSR count). The molecule has 2 N–H and O–H groups in total. The van der Waals surface area contributed by atoms with Crippen molar-refractivity contribution in [2.75, 3.05) is 12.0 Å². The molecule has 1 aromatic heterocycles. The van der Waals surface area contributed by atoms with Gasteiger partial charge in [-0.1, -0.05) is 78.9 Å². The first kappa shape index (κ1) is 36.1. The average Bonchev–Trinajstić information content (AvgIpc) is 3.15. The quantitative estimate of drug-likeness (QED) is 0.134. The normalized spacial score (nSPS) is 12.9. The van der Waals surface area contributed by atoms with E-state index in [-0.39, 0.29) is 23.1 Å². The summed E-state index contributed by atoms with van der Waals surface area (Å²) in [7, 11) is -3.50. The number of sulfone groups is 1. The number of carboxylic acids is 1. The Morgan fingerprint density at radius 1 is 0.725 bits per heavy atom. The zero-order valence-electron chi connectivity index (χ0n) is 27.4. The summed E-state index contributed by atoms with van der Waals surface area (Å²) in [5.74, 6) is -3.99. The van der Waals surface area contributed by atoms with Crippen molar-refractivity contribution in [3.8, 4) is 11.1 Å². The summed E-state index contributed by atoms with van der Waals surface area (Å²) in [5, 5.41) is 12.2. The SMILES string of the molecule is CS(=O)(=O)CC[C@H](NC(=O)c1ccc(C(OC(=O)c2ccccc2)C(OC(=O)c2ccccc2)c2cccnc2)cc1-c1ccccc1)C(=O)O. The van der Waals surface area contributed by atoms with Crippen LogP contribution in [-0.4, -0.2) is 60.4 Å². The smallest absolute Gasteiger partial charge is 0.338 e. The number of esters is 2. The molecule has 0 radical (unpaired) electrons. The van der Waals surface area contributed by atoms with Gasteiger partial charge < -0.3 is 19.9 Å². The fourth-order valence-electron chi connectivity index (χ4n) is 5.29. The standard InChI is InChI=1S/C39H34N2O9S/c1-51(47,48)23-21-33(37(43)44)41-36(42)31-20-19-29(24-32(31)26-12-5-2-6-13-26)34(49-38(45)27-14-7-3-8-15-27)35(30-18-11-22-40-25-30)50-39(46)28-16-9-4-10-17-28/h2-20,22,24-25,33-35H,21,23H2,1H3,(H,41,42)(H,43,44)/t33-,34?,35?/m0/s1. The van der Waals surface area contributed by atoms with Crippen LogP contribution in [0.5, 0.6) is 0 Å². The Kier molecular flexibility index (Phi) is 11.7. The van der Waals surface area contributed by atoms with Crippen molar-refractivity contribution in [1.29, 1.82) is 0 Å². The monoisotopic (exact) mass is 706 g/mol. The lowest BCUT2D eigenvalue weighted by Gasteiger charge is -2.28. The number of carbonyl (C=O) groups is 4. The number of aromatic nitrogens is 1. The second-order valence-corrected chi connectivity index (χ2v) is 13.9. The van der Waals surface area contributed by atoms with Crippen molar-refractivity contribution in [2.24, 2.45) is 0 Å². The number of aliphatic carboxylic acids is 1. The van der Waals surface area contributed by atoms with Gasteiger partial charge in [0, 0.05) is 29.8 Å². The highest BCUT2D eigenvalue weighted by Crippen LogP contribution is 2.39. The van der Waals surface area contributed by atoms with E-state index in [4.69, 9.17) is 9.47 Å². The van der Waals surface area contributed by atoms with Crippen LogP contribution in [0.1, 0.15) is 60.8 Å². The minimum Gasteiger partial charge on any atom is -0.480 e. The van der Waals surface area contributed by atoms with Gasteiger partial charge in [-0.15, -0.1) is 0 Å². The number of carboxylic acid groups (broad SMARTS) is 1. The Morgan fingerprint density at radius 2 is 1.27 bits per heavy atom. The summed E-state index contributed by atoms with van der Waals surface area (Å²) in [6.07, 6.45) is 1.21. The maximum absolute atomic E-state index is 13.7. The lowest BCUT2D eigenvalue weighted by Crippen LogP contribution is -2.42. The molecule has 0 spiro atoms. The van der Waals surface area contributed by atoms with E-state index in [0.717, 1.165) is 6.26 Å². The molecule has 0 saturated carbocycles. The number of hydrogen-bond acceptors (Lipinski definition) is 9. The van der Waals surface area contributed by atoms with E-state index in [0.29, 0.717) is 22.3 Å². The van der Waals surface area contributed by atoms with Crippen LogP contribution in [0.2, 0.25) is 0 Å². The number of nitrogens with zero attached hydrogens (tertiary/aromatic N) is 1. The molecule has 1 amide bonds. The van der Waals surface area contributed by atoms with Gasteiger partial charge in [-0.2, -0.15) is 0 Å². The second kappa shape index (κ2) is 16.5. The summed E-state index contributed by atoms with van der Waals surface area (Å²) >= 11 is 0.